The van der Waals surface area contributed by atoms with E-state index in [1.807, 2.05) is 12.1 Å². The molecule has 0 amide bonds. The molecule has 2 aromatic carbocycles. The van der Waals surface area contributed by atoms with Gasteiger partial charge in [-0.25, -0.2) is 8.78 Å². The molecule has 1 N–H and O–H groups in total. The fourth-order valence-corrected chi connectivity index (χ4v) is 2.42. The Bertz CT molecular complexity index is 816. The lowest BCUT2D eigenvalue weighted by Gasteiger charge is -2.02. The normalized spacial score (nSPS) is 10.9. The van der Waals surface area contributed by atoms with Gasteiger partial charge in [0, 0.05) is 15.6 Å². The van der Waals surface area contributed by atoms with Crippen molar-refractivity contribution < 1.29 is 18.4 Å². The molecule has 6 heteroatoms. The summed E-state index contributed by atoms with van der Waals surface area (Å²) >= 11 is 3.34. The van der Waals surface area contributed by atoms with Gasteiger partial charge in [-0.15, -0.1) is 0 Å². The number of hydrogen-bond donors (Lipinski definition) is 1. The summed E-state index contributed by atoms with van der Waals surface area (Å²) in [5.74, 6) is -1.52. The number of rotatable bonds is 3. The minimum atomic E-state index is -0.977. The number of halogens is 3. The van der Waals surface area contributed by atoms with Gasteiger partial charge in [-0.2, -0.15) is 0 Å². The topological polar surface area (TPSA) is 46.3 Å². The summed E-state index contributed by atoms with van der Waals surface area (Å²) in [6.45, 7) is -0.330. The van der Waals surface area contributed by atoms with E-state index in [0.29, 0.717) is 22.6 Å². The van der Waals surface area contributed by atoms with E-state index in [1.165, 1.54) is 6.07 Å². The average molecular weight is 366 g/mol. The van der Waals surface area contributed by atoms with Crippen molar-refractivity contribution in [1.82, 2.24) is 5.16 Å². The van der Waals surface area contributed by atoms with Gasteiger partial charge < -0.3 is 9.63 Å². The van der Waals surface area contributed by atoms with Gasteiger partial charge in [-0.3, -0.25) is 0 Å². The minimum Gasteiger partial charge on any atom is -0.391 e. The smallest absolute Gasteiger partial charge is 0.173 e. The molecule has 1 aromatic heterocycles. The molecule has 112 valence electrons. The Morgan fingerprint density at radius 2 is 1.68 bits per heavy atom. The van der Waals surface area contributed by atoms with Crippen molar-refractivity contribution in [2.45, 2.75) is 6.61 Å². The van der Waals surface area contributed by atoms with Crippen molar-refractivity contribution in [2.24, 2.45) is 0 Å². The Kier molecular flexibility index (Phi) is 4.04. The molecule has 0 saturated heterocycles. The standard InChI is InChI=1S/C16H10BrF2NO2/c17-11-4-1-9(2-5-11)16-12(8-21)15(20-22-16)10-3-6-13(18)14(19)7-10/h1-7,21H,8H2. The van der Waals surface area contributed by atoms with Crippen LogP contribution in [0.2, 0.25) is 0 Å². The first kappa shape index (κ1) is 14.9. The predicted octanol–water partition coefficient (Wildman–Crippen LogP) is 4.54. The van der Waals surface area contributed by atoms with Crippen LogP contribution in [0.3, 0.4) is 0 Å². The quantitative estimate of drug-likeness (QED) is 0.740. The maximum absolute atomic E-state index is 13.4. The van der Waals surface area contributed by atoms with Crippen LogP contribution in [0.5, 0.6) is 0 Å². The van der Waals surface area contributed by atoms with E-state index in [9.17, 15) is 13.9 Å². The average Bonchev–Trinajstić information content (AvgIpc) is 2.94. The summed E-state index contributed by atoms with van der Waals surface area (Å²) in [6, 6.07) is 10.7. The maximum atomic E-state index is 13.4. The largest absolute Gasteiger partial charge is 0.391 e. The van der Waals surface area contributed by atoms with Crippen LogP contribution in [0.1, 0.15) is 5.56 Å². The second-order valence-corrected chi connectivity index (χ2v) is 5.55. The first-order chi connectivity index (χ1) is 10.6. The lowest BCUT2D eigenvalue weighted by atomic mass is 10.0. The molecule has 3 nitrogen and oxygen atoms in total. The fourth-order valence-electron chi connectivity index (χ4n) is 2.15. The first-order valence-electron chi connectivity index (χ1n) is 6.41. The van der Waals surface area contributed by atoms with E-state index >= 15 is 0 Å². The Hall–Kier alpha value is -2.05. The van der Waals surface area contributed by atoms with E-state index in [4.69, 9.17) is 4.52 Å². The molecule has 0 bridgehead atoms. The van der Waals surface area contributed by atoms with Gasteiger partial charge in [0.15, 0.2) is 17.4 Å². The highest BCUT2D eigenvalue weighted by molar-refractivity contribution is 9.10. The predicted molar refractivity (Wildman–Crippen MR) is 80.9 cm³/mol. The van der Waals surface area contributed by atoms with Gasteiger partial charge in [0.05, 0.1) is 12.2 Å². The molecule has 0 aliphatic heterocycles. The fraction of sp³-hybridized carbons (Fsp3) is 0.0625. The maximum Gasteiger partial charge on any atom is 0.173 e. The van der Waals surface area contributed by atoms with Crippen molar-refractivity contribution in [1.29, 1.82) is 0 Å². The van der Waals surface area contributed by atoms with Crippen LogP contribution in [0, 0.1) is 11.6 Å². The van der Waals surface area contributed by atoms with E-state index < -0.39 is 11.6 Å². The molecular weight excluding hydrogens is 356 g/mol. The van der Waals surface area contributed by atoms with Gasteiger partial charge in [0.1, 0.15) is 5.69 Å². The summed E-state index contributed by atoms with van der Waals surface area (Å²) in [5.41, 5.74) is 1.79. The third kappa shape index (κ3) is 2.67. The van der Waals surface area contributed by atoms with E-state index in [0.717, 1.165) is 22.2 Å². The van der Waals surface area contributed by atoms with E-state index in [1.54, 1.807) is 12.1 Å². The number of aromatic nitrogens is 1. The Morgan fingerprint density at radius 3 is 2.32 bits per heavy atom. The summed E-state index contributed by atoms with van der Waals surface area (Å²) in [6.07, 6.45) is 0. The number of benzene rings is 2. The Labute approximate surface area is 133 Å². The van der Waals surface area contributed by atoms with Crippen molar-refractivity contribution in [3.05, 3.63) is 64.1 Å². The SMILES string of the molecule is OCc1c(-c2ccc(F)c(F)c2)noc1-c1ccc(Br)cc1. The summed E-state index contributed by atoms with van der Waals surface area (Å²) in [4.78, 5) is 0. The van der Waals surface area contributed by atoms with Gasteiger partial charge in [0.25, 0.3) is 0 Å². The highest BCUT2D eigenvalue weighted by Crippen LogP contribution is 2.33. The zero-order chi connectivity index (χ0) is 15.7. The molecule has 22 heavy (non-hydrogen) atoms. The van der Waals surface area contributed by atoms with Crippen molar-refractivity contribution in [3.8, 4) is 22.6 Å². The molecule has 3 rings (SSSR count). The highest BCUT2D eigenvalue weighted by Gasteiger charge is 2.19. The molecule has 0 atom stereocenters. The van der Waals surface area contributed by atoms with E-state index in [2.05, 4.69) is 21.1 Å². The van der Waals surface area contributed by atoms with Gasteiger partial charge >= 0.3 is 0 Å². The van der Waals surface area contributed by atoms with Crippen LogP contribution >= 0.6 is 15.9 Å². The van der Waals surface area contributed by atoms with Gasteiger partial charge in [-0.05, 0) is 30.3 Å². The van der Waals surface area contributed by atoms with Crippen LogP contribution in [-0.4, -0.2) is 10.3 Å². The second kappa shape index (κ2) is 5.98. The van der Waals surface area contributed by atoms with E-state index in [-0.39, 0.29) is 6.61 Å². The zero-order valence-corrected chi connectivity index (χ0v) is 12.8. The molecule has 0 fully saturated rings. The summed E-state index contributed by atoms with van der Waals surface area (Å²) in [7, 11) is 0. The molecule has 0 unspecified atom stereocenters. The first-order valence-corrected chi connectivity index (χ1v) is 7.20. The third-order valence-electron chi connectivity index (χ3n) is 3.25. The van der Waals surface area contributed by atoms with Crippen LogP contribution in [-0.2, 0) is 6.61 Å². The Balaban J connectivity index is 2.10. The number of nitrogens with zero attached hydrogens (tertiary/aromatic N) is 1. The molecule has 0 spiro atoms. The van der Waals surface area contributed by atoms with Gasteiger partial charge in [-0.1, -0.05) is 33.2 Å². The van der Waals surface area contributed by atoms with Crippen molar-refractivity contribution in [2.75, 3.05) is 0 Å². The molecule has 0 saturated carbocycles. The van der Waals surface area contributed by atoms with Crippen LogP contribution in [0.25, 0.3) is 22.6 Å². The lowest BCUT2D eigenvalue weighted by molar-refractivity contribution is 0.281. The van der Waals surface area contributed by atoms with Crippen LogP contribution in [0.4, 0.5) is 8.78 Å². The monoisotopic (exact) mass is 365 g/mol. The molecule has 0 aliphatic carbocycles. The van der Waals surface area contributed by atoms with Crippen molar-refractivity contribution in [3.63, 3.8) is 0 Å². The summed E-state index contributed by atoms with van der Waals surface area (Å²) < 4.78 is 32.6. The van der Waals surface area contributed by atoms with Gasteiger partial charge in [0.2, 0.25) is 0 Å². The van der Waals surface area contributed by atoms with Crippen molar-refractivity contribution >= 4 is 15.9 Å². The lowest BCUT2D eigenvalue weighted by Crippen LogP contribution is -1.91. The van der Waals surface area contributed by atoms with Crippen LogP contribution in [0.15, 0.2) is 51.5 Å². The molecule has 1 heterocycles. The number of hydrogen-bond acceptors (Lipinski definition) is 3. The molecular formula is C16H10BrF2NO2. The Morgan fingerprint density at radius 1 is 1.00 bits per heavy atom. The molecule has 0 radical (unpaired) electrons. The number of aliphatic hydroxyl groups excluding tert-OH is 1. The molecule has 0 aliphatic rings. The second-order valence-electron chi connectivity index (χ2n) is 4.63. The zero-order valence-electron chi connectivity index (χ0n) is 11.2. The highest BCUT2D eigenvalue weighted by atomic mass is 79.9. The summed E-state index contributed by atoms with van der Waals surface area (Å²) in [5, 5.41) is 13.5. The van der Waals surface area contributed by atoms with Crippen LogP contribution < -0.4 is 0 Å². The number of aliphatic hydroxyl groups is 1. The minimum absolute atomic E-state index is 0.291. The third-order valence-corrected chi connectivity index (χ3v) is 3.77. The molecule has 3 aromatic rings.